The molecule has 3 aromatic rings. The van der Waals surface area contributed by atoms with E-state index >= 15 is 0 Å². The number of amides is 5. The lowest BCUT2D eigenvalue weighted by Gasteiger charge is -2.40. The molecule has 1 atom stereocenters. The predicted molar refractivity (Wildman–Crippen MR) is 195 cm³/mol. The van der Waals surface area contributed by atoms with Gasteiger partial charge in [-0.25, -0.2) is 14.4 Å². The van der Waals surface area contributed by atoms with Gasteiger partial charge < -0.3 is 40.5 Å². The highest BCUT2D eigenvalue weighted by atomic mass is 79.9. The molecular formula is C34H43Br2N9O4. The molecule has 6 rings (SSSR count). The van der Waals surface area contributed by atoms with Gasteiger partial charge in [-0.2, -0.15) is 0 Å². The molecule has 13 nitrogen and oxygen atoms in total. The van der Waals surface area contributed by atoms with Crippen LogP contribution in [0.5, 0.6) is 0 Å². The molecule has 2 aromatic carbocycles. The number of piperazine rings is 2. The van der Waals surface area contributed by atoms with Crippen LogP contribution >= 0.6 is 31.9 Å². The Bertz CT molecular complexity index is 1680. The fourth-order valence-corrected chi connectivity index (χ4v) is 8.04. The van der Waals surface area contributed by atoms with Gasteiger partial charge in [0.25, 0.3) is 0 Å². The fourth-order valence-electron chi connectivity index (χ4n) is 6.76. The normalized spacial score (nSPS) is 18.4. The van der Waals surface area contributed by atoms with Crippen LogP contribution in [0.1, 0.15) is 24.4 Å². The van der Waals surface area contributed by atoms with Crippen molar-refractivity contribution in [3.63, 3.8) is 0 Å². The molecule has 3 aliphatic heterocycles. The highest BCUT2D eigenvalue weighted by Gasteiger charge is 2.34. The van der Waals surface area contributed by atoms with Crippen LogP contribution in [0, 0.1) is 0 Å². The molecule has 15 heteroatoms. The molecule has 1 aromatic heterocycles. The third-order valence-electron chi connectivity index (χ3n) is 9.78. The van der Waals surface area contributed by atoms with E-state index in [1.54, 1.807) is 14.4 Å². The van der Waals surface area contributed by atoms with Crippen LogP contribution in [-0.4, -0.2) is 131 Å². The first-order valence-corrected chi connectivity index (χ1v) is 18.3. The van der Waals surface area contributed by atoms with E-state index in [2.05, 4.69) is 54.1 Å². The number of benzene rings is 2. The Hall–Kier alpha value is -3.82. The summed E-state index contributed by atoms with van der Waals surface area (Å²) in [5.74, 6) is -0.189. The number of hydrogen-bond acceptors (Lipinski definition) is 6. The van der Waals surface area contributed by atoms with Crippen molar-refractivity contribution < 1.29 is 14.4 Å². The van der Waals surface area contributed by atoms with Gasteiger partial charge in [-0.1, -0.05) is 30.3 Å². The SMILES string of the molecule is CN1CCN(C(=O)N2CCN(C(=O)[C@@H](Cc3cc(Br)c(N)c(Br)c3)NC(=O)N3CCC(n4cc(-c5ccccc5)[nH]c4=O)CC3)CC2)CC1. The van der Waals surface area contributed by atoms with Gasteiger partial charge in [0.2, 0.25) is 5.91 Å². The Morgan fingerprint density at radius 3 is 2.04 bits per heavy atom. The standard InChI is InChI=1S/C34H43Br2N9O4/c1-40-11-13-43(14-12-40)34(49)44-17-15-41(16-18-44)31(46)28(21-23-19-26(35)30(37)27(36)20-23)38-32(47)42-9-7-25(8-10-42)45-22-29(39-33(45)48)24-5-3-2-4-6-24/h2-6,19-20,22,25,28H,7-18,21,37H2,1H3,(H,38,47)(H,39,48)/t28-/m1/s1. The minimum atomic E-state index is -0.826. The second kappa shape index (κ2) is 15.4. The molecule has 5 amide bonds. The monoisotopic (exact) mass is 799 g/mol. The number of urea groups is 2. The average Bonchev–Trinajstić information content (AvgIpc) is 3.51. The number of halogens is 2. The summed E-state index contributed by atoms with van der Waals surface area (Å²) in [6.45, 7) is 5.64. The molecule has 0 saturated carbocycles. The summed E-state index contributed by atoms with van der Waals surface area (Å²) in [4.78, 5) is 66.0. The number of piperidine rings is 1. The summed E-state index contributed by atoms with van der Waals surface area (Å²) in [5.41, 5.74) is 9.04. The third kappa shape index (κ3) is 8.15. The maximum absolute atomic E-state index is 14.0. The lowest BCUT2D eigenvalue weighted by Crippen LogP contribution is -2.60. The molecule has 3 fully saturated rings. The molecule has 0 unspecified atom stereocenters. The Morgan fingerprint density at radius 1 is 0.857 bits per heavy atom. The highest BCUT2D eigenvalue weighted by Crippen LogP contribution is 2.30. The molecule has 49 heavy (non-hydrogen) atoms. The van der Waals surface area contributed by atoms with Crippen LogP contribution in [0.3, 0.4) is 0 Å². The van der Waals surface area contributed by atoms with Gasteiger partial charge in [-0.3, -0.25) is 9.36 Å². The van der Waals surface area contributed by atoms with E-state index in [0.29, 0.717) is 79.8 Å². The summed E-state index contributed by atoms with van der Waals surface area (Å²) < 4.78 is 3.13. The lowest BCUT2D eigenvalue weighted by atomic mass is 10.0. The molecule has 4 N–H and O–H groups in total. The topological polar surface area (TPSA) is 143 Å². The van der Waals surface area contributed by atoms with Gasteiger partial charge in [0.05, 0.1) is 11.4 Å². The van der Waals surface area contributed by atoms with E-state index in [1.165, 1.54) is 0 Å². The van der Waals surface area contributed by atoms with Crippen molar-refractivity contribution in [1.82, 2.24) is 39.4 Å². The number of hydrogen-bond donors (Lipinski definition) is 3. The van der Waals surface area contributed by atoms with Crippen molar-refractivity contribution in [2.45, 2.75) is 31.3 Å². The third-order valence-corrected chi connectivity index (χ3v) is 11.1. The molecule has 0 radical (unpaired) electrons. The fraction of sp³-hybridized carbons (Fsp3) is 0.471. The number of carbonyl (C=O) groups is 3. The maximum Gasteiger partial charge on any atom is 0.326 e. The van der Waals surface area contributed by atoms with Crippen molar-refractivity contribution in [2.24, 2.45) is 0 Å². The van der Waals surface area contributed by atoms with Gasteiger partial charge in [0.15, 0.2) is 0 Å². The van der Waals surface area contributed by atoms with Gasteiger partial charge in [0.1, 0.15) is 6.04 Å². The van der Waals surface area contributed by atoms with Gasteiger partial charge in [-0.05, 0) is 75.0 Å². The van der Waals surface area contributed by atoms with E-state index in [4.69, 9.17) is 5.73 Å². The van der Waals surface area contributed by atoms with E-state index in [1.807, 2.05) is 58.5 Å². The van der Waals surface area contributed by atoms with Gasteiger partial charge in [0, 0.05) is 93.1 Å². The number of anilines is 1. The molecular weight excluding hydrogens is 758 g/mol. The van der Waals surface area contributed by atoms with Crippen LogP contribution in [0.4, 0.5) is 15.3 Å². The zero-order valence-corrected chi connectivity index (χ0v) is 30.8. The van der Waals surface area contributed by atoms with E-state index in [0.717, 1.165) is 29.9 Å². The van der Waals surface area contributed by atoms with E-state index in [9.17, 15) is 19.2 Å². The molecule has 3 saturated heterocycles. The number of aromatic nitrogens is 2. The molecule has 3 aliphatic rings. The number of H-pyrrole nitrogens is 1. The Morgan fingerprint density at radius 2 is 1.43 bits per heavy atom. The molecule has 0 spiro atoms. The van der Waals surface area contributed by atoms with Crippen LogP contribution in [0.25, 0.3) is 11.3 Å². The van der Waals surface area contributed by atoms with Crippen molar-refractivity contribution in [1.29, 1.82) is 0 Å². The lowest BCUT2D eigenvalue weighted by molar-refractivity contribution is -0.134. The van der Waals surface area contributed by atoms with Crippen LogP contribution in [-0.2, 0) is 11.2 Å². The Balaban J connectivity index is 1.10. The van der Waals surface area contributed by atoms with E-state index in [-0.39, 0.29) is 36.1 Å². The number of imidazole rings is 1. The van der Waals surface area contributed by atoms with Crippen LogP contribution in [0.2, 0.25) is 0 Å². The number of likely N-dealkylation sites (tertiary alicyclic amines) is 1. The number of likely N-dealkylation sites (N-methyl/N-ethyl adjacent to an activating group) is 1. The second-order valence-electron chi connectivity index (χ2n) is 13.0. The second-order valence-corrected chi connectivity index (χ2v) is 14.7. The number of nitrogens with zero attached hydrogens (tertiary/aromatic N) is 6. The van der Waals surface area contributed by atoms with Crippen molar-refractivity contribution in [2.75, 3.05) is 78.2 Å². The summed E-state index contributed by atoms with van der Waals surface area (Å²) >= 11 is 7.00. The number of nitrogens with two attached hydrogens (primary N) is 1. The van der Waals surface area contributed by atoms with Gasteiger partial charge >= 0.3 is 17.8 Å². The maximum atomic E-state index is 14.0. The van der Waals surface area contributed by atoms with Crippen molar-refractivity contribution in [3.05, 3.63) is 73.7 Å². The first kappa shape index (κ1) is 35.0. The van der Waals surface area contributed by atoms with Crippen LogP contribution < -0.4 is 16.7 Å². The number of nitrogens with one attached hydrogen (secondary N) is 2. The largest absolute Gasteiger partial charge is 0.397 e. The van der Waals surface area contributed by atoms with Crippen LogP contribution in [0.15, 0.2) is 62.4 Å². The average molecular weight is 802 g/mol. The molecule has 0 bridgehead atoms. The molecule has 262 valence electrons. The first-order chi connectivity index (χ1) is 23.6. The zero-order chi connectivity index (χ0) is 34.7. The Kier molecular flexibility index (Phi) is 11.0. The van der Waals surface area contributed by atoms with Crippen molar-refractivity contribution in [3.8, 4) is 11.3 Å². The molecule has 0 aliphatic carbocycles. The Labute approximate surface area is 302 Å². The number of rotatable bonds is 6. The van der Waals surface area contributed by atoms with Gasteiger partial charge in [-0.15, -0.1) is 0 Å². The summed E-state index contributed by atoms with van der Waals surface area (Å²) in [7, 11) is 2.05. The molecule has 4 heterocycles. The van der Waals surface area contributed by atoms with E-state index < -0.39 is 6.04 Å². The predicted octanol–water partition coefficient (Wildman–Crippen LogP) is 3.42. The number of aromatic amines is 1. The zero-order valence-electron chi connectivity index (χ0n) is 27.6. The minimum absolute atomic E-state index is 0.0169. The van der Waals surface area contributed by atoms with Crippen molar-refractivity contribution >= 4 is 55.5 Å². The number of carbonyl (C=O) groups excluding carboxylic acids is 3. The smallest absolute Gasteiger partial charge is 0.326 e. The quantitative estimate of drug-likeness (QED) is 0.327. The summed E-state index contributed by atoms with van der Waals surface area (Å²) in [6, 6.07) is 12.3. The summed E-state index contributed by atoms with van der Waals surface area (Å²) in [6.07, 6.45) is 3.34. The number of nitrogen functional groups attached to an aromatic ring is 1. The first-order valence-electron chi connectivity index (χ1n) is 16.7. The minimum Gasteiger partial charge on any atom is -0.397 e. The summed E-state index contributed by atoms with van der Waals surface area (Å²) in [5, 5.41) is 3.03. The highest BCUT2D eigenvalue weighted by molar-refractivity contribution is 9.11.